The van der Waals surface area contributed by atoms with Crippen LogP contribution in [0.3, 0.4) is 0 Å². The molecule has 0 N–H and O–H groups in total. The lowest BCUT2D eigenvalue weighted by atomic mass is 10.1. The first kappa shape index (κ1) is 24.6. The average Bonchev–Trinajstić information content (AvgIpc) is 2.77. The molecule has 168 valence electrons. The van der Waals surface area contributed by atoms with Crippen LogP contribution in [0.5, 0.6) is 0 Å². The number of aryl methyl sites for hydroxylation is 2. The Balaban J connectivity index is 1.90. The summed E-state index contributed by atoms with van der Waals surface area (Å²) >= 11 is 0. The van der Waals surface area contributed by atoms with Crippen LogP contribution in [0.2, 0.25) is 0 Å². The lowest BCUT2D eigenvalue weighted by Gasteiger charge is -2.16. The molecular formula is C25H32O6. The van der Waals surface area contributed by atoms with Crippen LogP contribution in [0.4, 0.5) is 0 Å². The van der Waals surface area contributed by atoms with Crippen molar-refractivity contribution in [2.24, 2.45) is 0 Å². The molecule has 0 aliphatic heterocycles. The summed E-state index contributed by atoms with van der Waals surface area (Å²) in [7, 11) is 0. The second-order valence-electron chi connectivity index (χ2n) is 7.55. The van der Waals surface area contributed by atoms with Gasteiger partial charge in [-0.2, -0.15) is 0 Å². The Morgan fingerprint density at radius 2 is 1.16 bits per heavy atom. The minimum Gasteiger partial charge on any atom is -0.290 e. The van der Waals surface area contributed by atoms with Crippen LogP contribution < -0.4 is 0 Å². The van der Waals surface area contributed by atoms with Crippen LogP contribution >= 0.6 is 0 Å². The highest BCUT2D eigenvalue weighted by atomic mass is 17.3. The standard InChI is InChI=1S/C25H32O6/c1-4-5-6-7-8-9-18-23(28-30-24(26)21-16-12-10-14-19(21)2)29-31-25(27)22-17-13-11-15-20(22)3/h10-17,23H,4-9,18H2,1-3H3. The van der Waals surface area contributed by atoms with Gasteiger partial charge in [0.05, 0.1) is 11.1 Å². The molecule has 0 aromatic heterocycles. The molecule has 2 rings (SSSR count). The molecule has 0 amide bonds. The van der Waals surface area contributed by atoms with Crippen molar-refractivity contribution in [1.82, 2.24) is 0 Å². The van der Waals surface area contributed by atoms with E-state index < -0.39 is 18.2 Å². The molecule has 0 radical (unpaired) electrons. The zero-order valence-corrected chi connectivity index (χ0v) is 18.6. The number of benzene rings is 2. The van der Waals surface area contributed by atoms with Crippen molar-refractivity contribution >= 4 is 11.9 Å². The third kappa shape index (κ3) is 8.52. The number of hydrogen-bond acceptors (Lipinski definition) is 6. The van der Waals surface area contributed by atoms with Crippen molar-refractivity contribution in [3.8, 4) is 0 Å². The lowest BCUT2D eigenvalue weighted by Crippen LogP contribution is -2.22. The van der Waals surface area contributed by atoms with Crippen molar-refractivity contribution in [1.29, 1.82) is 0 Å². The molecule has 2 aromatic rings. The normalized spacial score (nSPS) is 10.8. The van der Waals surface area contributed by atoms with Gasteiger partial charge in [-0.1, -0.05) is 75.4 Å². The Morgan fingerprint density at radius 1 is 0.710 bits per heavy atom. The van der Waals surface area contributed by atoms with Gasteiger partial charge in [0.2, 0.25) is 6.29 Å². The average molecular weight is 429 g/mol. The Hall–Kier alpha value is -2.70. The van der Waals surface area contributed by atoms with E-state index in [-0.39, 0.29) is 0 Å². The highest BCUT2D eigenvalue weighted by Crippen LogP contribution is 2.16. The fourth-order valence-electron chi connectivity index (χ4n) is 3.09. The number of carbonyl (C=O) groups excluding carboxylic acids is 2. The van der Waals surface area contributed by atoms with E-state index in [0.29, 0.717) is 17.5 Å². The maximum atomic E-state index is 12.3. The van der Waals surface area contributed by atoms with Crippen molar-refractivity contribution in [2.45, 2.75) is 72.0 Å². The smallest absolute Gasteiger partial charge is 0.290 e. The molecule has 0 saturated heterocycles. The highest BCUT2D eigenvalue weighted by molar-refractivity contribution is 5.91. The number of unbranched alkanes of at least 4 members (excludes halogenated alkanes) is 5. The Kier molecular flexibility index (Phi) is 10.8. The fourth-order valence-corrected chi connectivity index (χ4v) is 3.09. The Labute approximate surface area is 184 Å². The summed E-state index contributed by atoms with van der Waals surface area (Å²) in [5.74, 6) is -1.25. The van der Waals surface area contributed by atoms with Crippen LogP contribution in [-0.2, 0) is 19.6 Å². The van der Waals surface area contributed by atoms with E-state index in [1.54, 1.807) is 24.3 Å². The van der Waals surface area contributed by atoms with Gasteiger partial charge in [0.25, 0.3) is 0 Å². The summed E-state index contributed by atoms with van der Waals surface area (Å²) in [5.41, 5.74) is 2.35. The zero-order chi connectivity index (χ0) is 22.5. The molecule has 0 saturated carbocycles. The monoisotopic (exact) mass is 428 g/mol. The minimum absolute atomic E-state index is 0.401. The summed E-state index contributed by atoms with van der Waals surface area (Å²) in [6.07, 6.45) is 5.86. The SMILES string of the molecule is CCCCCCCCC(OOC(=O)c1ccccc1C)OOC(=O)c1ccccc1C. The van der Waals surface area contributed by atoms with E-state index in [1.807, 2.05) is 38.1 Å². The molecule has 0 bridgehead atoms. The highest BCUT2D eigenvalue weighted by Gasteiger charge is 2.20. The molecule has 0 aliphatic carbocycles. The van der Waals surface area contributed by atoms with Crippen molar-refractivity contribution < 1.29 is 29.1 Å². The second-order valence-corrected chi connectivity index (χ2v) is 7.55. The predicted octanol–water partition coefficient (Wildman–Crippen LogP) is 6.26. The maximum absolute atomic E-state index is 12.3. The zero-order valence-electron chi connectivity index (χ0n) is 18.6. The maximum Gasteiger partial charge on any atom is 0.373 e. The van der Waals surface area contributed by atoms with Crippen molar-refractivity contribution in [2.75, 3.05) is 0 Å². The second kappa shape index (κ2) is 13.6. The van der Waals surface area contributed by atoms with Crippen LogP contribution in [0.1, 0.15) is 83.7 Å². The number of rotatable bonds is 13. The Morgan fingerprint density at radius 3 is 1.65 bits per heavy atom. The van der Waals surface area contributed by atoms with Gasteiger partial charge in [-0.3, -0.25) is 9.78 Å². The third-order valence-corrected chi connectivity index (χ3v) is 4.99. The van der Waals surface area contributed by atoms with Gasteiger partial charge in [0, 0.05) is 6.42 Å². The number of carbonyl (C=O) groups is 2. The van der Waals surface area contributed by atoms with Gasteiger partial charge >= 0.3 is 11.9 Å². The predicted molar refractivity (Wildman–Crippen MR) is 117 cm³/mol. The molecule has 6 nitrogen and oxygen atoms in total. The van der Waals surface area contributed by atoms with Gasteiger partial charge < -0.3 is 0 Å². The topological polar surface area (TPSA) is 71.1 Å². The van der Waals surface area contributed by atoms with Gasteiger partial charge in [-0.25, -0.2) is 9.59 Å². The van der Waals surface area contributed by atoms with E-state index in [9.17, 15) is 9.59 Å². The fraction of sp³-hybridized carbons (Fsp3) is 0.440. The van der Waals surface area contributed by atoms with Crippen LogP contribution in [0.15, 0.2) is 48.5 Å². The van der Waals surface area contributed by atoms with Crippen LogP contribution in [-0.4, -0.2) is 18.2 Å². The molecule has 0 spiro atoms. The molecule has 31 heavy (non-hydrogen) atoms. The van der Waals surface area contributed by atoms with Gasteiger partial charge in [0.1, 0.15) is 0 Å². The largest absolute Gasteiger partial charge is 0.373 e. The molecule has 6 heteroatoms. The van der Waals surface area contributed by atoms with Crippen molar-refractivity contribution in [3.05, 3.63) is 70.8 Å². The quantitative estimate of drug-likeness (QED) is 0.162. The van der Waals surface area contributed by atoms with Gasteiger partial charge in [-0.15, -0.1) is 9.78 Å². The molecule has 0 fully saturated rings. The first-order chi connectivity index (χ1) is 15.0. The molecule has 0 heterocycles. The molecular weight excluding hydrogens is 396 g/mol. The Bertz CT molecular complexity index is 771. The third-order valence-electron chi connectivity index (χ3n) is 4.99. The number of hydrogen-bond donors (Lipinski definition) is 0. The van der Waals surface area contributed by atoms with Crippen LogP contribution in [0.25, 0.3) is 0 Å². The summed E-state index contributed by atoms with van der Waals surface area (Å²) in [5, 5.41) is 0. The van der Waals surface area contributed by atoms with Gasteiger partial charge in [0.15, 0.2) is 0 Å². The summed E-state index contributed by atoms with van der Waals surface area (Å²) in [6.45, 7) is 5.79. The summed E-state index contributed by atoms with van der Waals surface area (Å²) in [4.78, 5) is 45.0. The molecule has 2 aromatic carbocycles. The molecule has 0 unspecified atom stereocenters. The molecule has 0 aliphatic rings. The van der Waals surface area contributed by atoms with E-state index >= 15 is 0 Å². The van der Waals surface area contributed by atoms with Gasteiger partial charge in [-0.05, 0) is 43.5 Å². The van der Waals surface area contributed by atoms with Crippen molar-refractivity contribution in [3.63, 3.8) is 0 Å². The van der Waals surface area contributed by atoms with E-state index in [2.05, 4.69) is 6.92 Å². The molecule has 0 atom stereocenters. The summed E-state index contributed by atoms with van der Waals surface area (Å²) < 4.78 is 0. The van der Waals surface area contributed by atoms with Crippen LogP contribution in [0, 0.1) is 13.8 Å². The lowest BCUT2D eigenvalue weighted by molar-refractivity contribution is -0.421. The van der Waals surface area contributed by atoms with E-state index in [4.69, 9.17) is 19.6 Å². The van der Waals surface area contributed by atoms with E-state index in [0.717, 1.165) is 30.4 Å². The first-order valence-electron chi connectivity index (χ1n) is 10.9. The van der Waals surface area contributed by atoms with E-state index in [1.165, 1.54) is 19.3 Å². The minimum atomic E-state index is -1.01. The first-order valence-corrected chi connectivity index (χ1v) is 10.9. The summed E-state index contributed by atoms with van der Waals surface area (Å²) in [6, 6.07) is 14.1.